The molecular formula is C11H19NO4. The first kappa shape index (κ1) is 11.7. The molecule has 0 N–H and O–H groups in total. The number of carbonyl (C=O) groups excluding carboxylic acids is 1. The van der Waals surface area contributed by atoms with E-state index in [2.05, 4.69) is 0 Å². The first-order chi connectivity index (χ1) is 7.46. The lowest BCUT2D eigenvalue weighted by Crippen LogP contribution is -2.49. The van der Waals surface area contributed by atoms with Gasteiger partial charge >= 0.3 is 6.09 Å². The third kappa shape index (κ3) is 3.09. The average Bonchev–Trinajstić information content (AvgIpc) is 2.98. The van der Waals surface area contributed by atoms with Crippen LogP contribution >= 0.6 is 0 Å². The Morgan fingerprint density at radius 3 is 2.56 bits per heavy atom. The molecule has 1 amide bonds. The fourth-order valence-corrected chi connectivity index (χ4v) is 1.66. The highest BCUT2D eigenvalue weighted by Crippen LogP contribution is 2.21. The van der Waals surface area contributed by atoms with Crippen molar-refractivity contribution in [2.45, 2.75) is 38.6 Å². The second kappa shape index (κ2) is 4.22. The zero-order valence-electron chi connectivity index (χ0n) is 10.1. The Bertz CT molecular complexity index is 270. The number of hydrogen-bond acceptors (Lipinski definition) is 4. The van der Waals surface area contributed by atoms with Gasteiger partial charge in [-0.1, -0.05) is 0 Å². The summed E-state index contributed by atoms with van der Waals surface area (Å²) < 4.78 is 16.0. The van der Waals surface area contributed by atoms with Crippen LogP contribution in [0.4, 0.5) is 4.79 Å². The minimum Gasteiger partial charge on any atom is -0.444 e. The van der Waals surface area contributed by atoms with Crippen LogP contribution in [0.5, 0.6) is 0 Å². The van der Waals surface area contributed by atoms with E-state index in [1.54, 1.807) is 4.90 Å². The van der Waals surface area contributed by atoms with Crippen molar-refractivity contribution in [1.82, 2.24) is 4.90 Å². The predicted octanol–water partition coefficient (Wildman–Crippen LogP) is 1.02. The number of amides is 1. The molecular weight excluding hydrogens is 210 g/mol. The first-order valence-corrected chi connectivity index (χ1v) is 5.67. The maximum Gasteiger partial charge on any atom is 0.410 e. The smallest absolute Gasteiger partial charge is 0.410 e. The van der Waals surface area contributed by atoms with Crippen molar-refractivity contribution >= 4 is 6.09 Å². The van der Waals surface area contributed by atoms with E-state index in [-0.39, 0.29) is 18.3 Å². The minimum atomic E-state index is -0.443. The van der Waals surface area contributed by atoms with Crippen molar-refractivity contribution in [1.29, 1.82) is 0 Å². The molecule has 0 aromatic rings. The number of carbonyl (C=O) groups is 1. The molecule has 16 heavy (non-hydrogen) atoms. The normalized spacial score (nSPS) is 30.1. The number of epoxide rings is 1. The highest BCUT2D eigenvalue weighted by molar-refractivity contribution is 5.68. The Kier molecular flexibility index (Phi) is 3.08. The largest absolute Gasteiger partial charge is 0.444 e. The molecule has 0 aromatic heterocycles. The molecule has 5 nitrogen and oxygen atoms in total. The van der Waals surface area contributed by atoms with Crippen molar-refractivity contribution in [3.8, 4) is 0 Å². The third-order valence-electron chi connectivity index (χ3n) is 2.52. The summed E-state index contributed by atoms with van der Waals surface area (Å²) in [7, 11) is 0. The molecule has 0 radical (unpaired) electrons. The Morgan fingerprint density at radius 2 is 2.00 bits per heavy atom. The van der Waals surface area contributed by atoms with Crippen molar-refractivity contribution in [3.63, 3.8) is 0 Å². The number of morpholine rings is 1. The van der Waals surface area contributed by atoms with Crippen molar-refractivity contribution in [2.75, 3.05) is 26.3 Å². The van der Waals surface area contributed by atoms with Crippen LogP contribution in [0.1, 0.15) is 20.8 Å². The molecule has 0 saturated carbocycles. The fraction of sp³-hybridized carbons (Fsp3) is 0.909. The molecule has 2 fully saturated rings. The van der Waals surface area contributed by atoms with E-state index in [9.17, 15) is 4.79 Å². The van der Waals surface area contributed by atoms with E-state index in [1.165, 1.54) is 0 Å². The molecule has 2 saturated heterocycles. The third-order valence-corrected chi connectivity index (χ3v) is 2.52. The molecule has 2 aliphatic heterocycles. The second-order valence-electron chi connectivity index (χ2n) is 5.21. The lowest BCUT2D eigenvalue weighted by molar-refractivity contribution is -0.0504. The topological polar surface area (TPSA) is 51.3 Å². The van der Waals surface area contributed by atoms with E-state index in [4.69, 9.17) is 14.2 Å². The summed E-state index contributed by atoms with van der Waals surface area (Å²) in [6.45, 7) is 8.07. The van der Waals surface area contributed by atoms with Gasteiger partial charge in [-0.15, -0.1) is 0 Å². The highest BCUT2D eigenvalue weighted by Gasteiger charge is 2.38. The Morgan fingerprint density at radius 1 is 1.31 bits per heavy atom. The molecule has 2 heterocycles. The standard InChI is InChI=1S/C11H19NO4/c1-11(2,3)16-10(13)12-4-5-14-8(6-12)9-7-15-9/h8-9H,4-7H2,1-3H3/t8?,9-/m1/s1. The van der Waals surface area contributed by atoms with Gasteiger partial charge in [-0.3, -0.25) is 0 Å². The molecule has 2 aliphatic rings. The monoisotopic (exact) mass is 229 g/mol. The van der Waals surface area contributed by atoms with Gasteiger partial charge in [-0.25, -0.2) is 4.79 Å². The van der Waals surface area contributed by atoms with Gasteiger partial charge in [-0.2, -0.15) is 0 Å². The van der Waals surface area contributed by atoms with Crippen LogP contribution in [0.2, 0.25) is 0 Å². The average molecular weight is 229 g/mol. The molecule has 1 unspecified atom stereocenters. The van der Waals surface area contributed by atoms with Crippen LogP contribution in [0.15, 0.2) is 0 Å². The lowest BCUT2D eigenvalue weighted by atomic mass is 10.2. The van der Waals surface area contributed by atoms with Gasteiger partial charge in [0, 0.05) is 6.54 Å². The van der Waals surface area contributed by atoms with Crippen LogP contribution in [-0.2, 0) is 14.2 Å². The van der Waals surface area contributed by atoms with E-state index < -0.39 is 5.60 Å². The van der Waals surface area contributed by atoms with Crippen molar-refractivity contribution in [3.05, 3.63) is 0 Å². The minimum absolute atomic E-state index is 0.0151. The molecule has 92 valence electrons. The van der Waals surface area contributed by atoms with Crippen LogP contribution < -0.4 is 0 Å². The summed E-state index contributed by atoms with van der Waals surface area (Å²) in [5.74, 6) is 0. The summed E-state index contributed by atoms with van der Waals surface area (Å²) >= 11 is 0. The van der Waals surface area contributed by atoms with E-state index in [0.717, 1.165) is 6.61 Å². The highest BCUT2D eigenvalue weighted by atomic mass is 16.6. The maximum atomic E-state index is 11.8. The van der Waals surface area contributed by atoms with Gasteiger partial charge in [0.2, 0.25) is 0 Å². The summed E-state index contributed by atoms with van der Waals surface area (Å²) in [6.07, 6.45) is -0.0760. The van der Waals surface area contributed by atoms with Crippen LogP contribution in [0.25, 0.3) is 0 Å². The van der Waals surface area contributed by atoms with Crippen LogP contribution in [-0.4, -0.2) is 55.1 Å². The number of hydrogen-bond donors (Lipinski definition) is 0. The first-order valence-electron chi connectivity index (χ1n) is 5.67. The Balaban J connectivity index is 1.86. The van der Waals surface area contributed by atoms with Gasteiger partial charge in [0.1, 0.15) is 17.8 Å². The molecule has 0 spiro atoms. The molecule has 0 aromatic carbocycles. The molecule has 2 atom stereocenters. The van der Waals surface area contributed by atoms with Gasteiger partial charge < -0.3 is 19.1 Å². The zero-order valence-corrected chi connectivity index (χ0v) is 10.1. The van der Waals surface area contributed by atoms with E-state index >= 15 is 0 Å². The number of rotatable bonds is 1. The lowest BCUT2D eigenvalue weighted by Gasteiger charge is -2.33. The van der Waals surface area contributed by atoms with E-state index in [1.807, 2.05) is 20.8 Å². The van der Waals surface area contributed by atoms with Crippen LogP contribution in [0.3, 0.4) is 0 Å². The SMILES string of the molecule is CC(C)(C)OC(=O)N1CCOC([C@H]2CO2)C1. The summed E-state index contributed by atoms with van der Waals surface area (Å²) in [4.78, 5) is 13.5. The van der Waals surface area contributed by atoms with Crippen molar-refractivity contribution in [2.24, 2.45) is 0 Å². The number of ether oxygens (including phenoxy) is 3. The summed E-state index contributed by atoms with van der Waals surface area (Å²) in [6, 6.07) is 0. The molecule has 0 bridgehead atoms. The molecule has 0 aliphatic carbocycles. The zero-order chi connectivity index (χ0) is 11.8. The predicted molar refractivity (Wildman–Crippen MR) is 57.3 cm³/mol. The summed E-state index contributed by atoms with van der Waals surface area (Å²) in [5, 5.41) is 0. The molecule has 2 rings (SSSR count). The second-order valence-corrected chi connectivity index (χ2v) is 5.21. The quantitative estimate of drug-likeness (QED) is 0.630. The Labute approximate surface area is 95.6 Å². The van der Waals surface area contributed by atoms with Gasteiger partial charge in [0.15, 0.2) is 0 Å². The van der Waals surface area contributed by atoms with E-state index in [0.29, 0.717) is 19.7 Å². The van der Waals surface area contributed by atoms with Crippen LogP contribution in [0, 0.1) is 0 Å². The molecule has 5 heteroatoms. The maximum absolute atomic E-state index is 11.8. The summed E-state index contributed by atoms with van der Waals surface area (Å²) in [5.41, 5.74) is -0.443. The Hall–Kier alpha value is -0.810. The van der Waals surface area contributed by atoms with Gasteiger partial charge in [-0.05, 0) is 20.8 Å². The van der Waals surface area contributed by atoms with Gasteiger partial charge in [0.05, 0.1) is 19.8 Å². The fourth-order valence-electron chi connectivity index (χ4n) is 1.66. The number of nitrogens with zero attached hydrogens (tertiary/aromatic N) is 1. The van der Waals surface area contributed by atoms with Gasteiger partial charge in [0.25, 0.3) is 0 Å². The van der Waals surface area contributed by atoms with Crippen molar-refractivity contribution < 1.29 is 19.0 Å².